The third-order valence-electron chi connectivity index (χ3n) is 14.5. The summed E-state index contributed by atoms with van der Waals surface area (Å²) < 4.78 is 6.78. The minimum absolute atomic E-state index is 0.0499. The zero-order chi connectivity index (χ0) is 33.1. The molecule has 0 radical (unpaired) electrons. The molecule has 14 rings (SSSR count). The van der Waals surface area contributed by atoms with Crippen LogP contribution in [0.25, 0.3) is 44.2 Å². The van der Waals surface area contributed by atoms with E-state index in [0.29, 0.717) is 11.8 Å². The molecule has 1 heteroatoms. The first-order valence-corrected chi connectivity index (χ1v) is 19.0. The van der Waals surface area contributed by atoms with Gasteiger partial charge in [0, 0.05) is 16.5 Å². The van der Waals surface area contributed by atoms with Crippen molar-refractivity contribution >= 4 is 10.8 Å². The van der Waals surface area contributed by atoms with Crippen molar-refractivity contribution in [3.8, 4) is 44.9 Å². The van der Waals surface area contributed by atoms with Crippen molar-refractivity contribution in [3.63, 3.8) is 0 Å². The van der Waals surface area contributed by atoms with Crippen LogP contribution in [-0.4, -0.2) is 0 Å². The van der Waals surface area contributed by atoms with E-state index in [1.165, 1.54) is 103 Å². The molecule has 6 aliphatic carbocycles. The standard InChI is InChI=1S/C50H36O/c1-2-10-35-30(9-1)18-21-42-48(35)38-20-17-31(27-44(38)50(42)39-13-5-3-11-36(39)37-12-4-6-14-40(37)50)32-19-22-47-45(28-32)49(41-15-7-8-16-46(41)51-47)34-24-29-23-33(26-34)43(49)25-29/h1-22,27-29,33-34,43H,23-26H2. The lowest BCUT2D eigenvalue weighted by Crippen LogP contribution is -2.43. The predicted molar refractivity (Wildman–Crippen MR) is 205 cm³/mol. The Balaban J connectivity index is 1.08. The van der Waals surface area contributed by atoms with Crippen LogP contribution in [0.15, 0.2) is 146 Å². The van der Waals surface area contributed by atoms with Crippen LogP contribution in [0.5, 0.6) is 11.5 Å². The molecule has 4 bridgehead atoms. The molecule has 4 saturated carbocycles. The van der Waals surface area contributed by atoms with E-state index >= 15 is 0 Å². The highest BCUT2D eigenvalue weighted by atomic mass is 16.5. The summed E-state index contributed by atoms with van der Waals surface area (Å²) in [5.41, 5.74) is 16.2. The van der Waals surface area contributed by atoms with E-state index in [4.69, 9.17) is 4.74 Å². The second-order valence-electron chi connectivity index (χ2n) is 16.4. The molecule has 0 aromatic heterocycles. The maximum atomic E-state index is 6.78. The summed E-state index contributed by atoms with van der Waals surface area (Å²) in [5.74, 6) is 5.30. The van der Waals surface area contributed by atoms with Gasteiger partial charge in [0.1, 0.15) is 11.5 Å². The summed E-state index contributed by atoms with van der Waals surface area (Å²) in [7, 11) is 0. The van der Waals surface area contributed by atoms with Crippen LogP contribution in [0.2, 0.25) is 0 Å². The Morgan fingerprint density at radius 1 is 0.471 bits per heavy atom. The minimum atomic E-state index is -0.376. The Morgan fingerprint density at radius 3 is 1.98 bits per heavy atom. The topological polar surface area (TPSA) is 9.23 Å². The van der Waals surface area contributed by atoms with Gasteiger partial charge in [-0.25, -0.2) is 0 Å². The molecule has 242 valence electrons. The summed E-state index contributed by atoms with van der Waals surface area (Å²) >= 11 is 0. The fourth-order valence-corrected chi connectivity index (χ4v) is 13.0. The largest absolute Gasteiger partial charge is 0.457 e. The Morgan fingerprint density at radius 2 is 1.16 bits per heavy atom. The number of hydrogen-bond donors (Lipinski definition) is 0. The summed E-state index contributed by atoms with van der Waals surface area (Å²) in [6, 6.07) is 55.6. The van der Waals surface area contributed by atoms with Gasteiger partial charge in [-0.3, -0.25) is 0 Å². The summed E-state index contributed by atoms with van der Waals surface area (Å²) in [6.45, 7) is 0. The first kappa shape index (κ1) is 27.3. The van der Waals surface area contributed by atoms with E-state index < -0.39 is 0 Å². The van der Waals surface area contributed by atoms with Gasteiger partial charge in [0.25, 0.3) is 0 Å². The van der Waals surface area contributed by atoms with Crippen molar-refractivity contribution in [1.82, 2.24) is 0 Å². The second kappa shape index (κ2) is 9.28. The molecule has 7 aromatic rings. The number of benzene rings is 7. The first-order valence-electron chi connectivity index (χ1n) is 19.0. The van der Waals surface area contributed by atoms with E-state index in [1.54, 1.807) is 0 Å². The highest BCUT2D eigenvalue weighted by Gasteiger charge is 2.65. The van der Waals surface area contributed by atoms with Crippen LogP contribution in [-0.2, 0) is 10.8 Å². The fraction of sp³-hybridized carbons (Fsp3) is 0.200. The maximum absolute atomic E-state index is 6.78. The molecule has 1 nitrogen and oxygen atoms in total. The quantitative estimate of drug-likeness (QED) is 0.171. The van der Waals surface area contributed by atoms with Crippen molar-refractivity contribution < 1.29 is 4.74 Å². The molecule has 1 heterocycles. The number of ether oxygens (including phenoxy) is 1. The average molecular weight is 653 g/mol. The van der Waals surface area contributed by atoms with E-state index in [0.717, 1.165) is 23.3 Å². The SMILES string of the molecule is c1ccc2c(c1)Oc1ccc(-c3ccc4c(c3)C3(c5ccccc5-c5ccccc53)c3ccc5ccccc5c3-4)cc1C21C2CC3CC(C2)C1C3. The maximum Gasteiger partial charge on any atom is 0.131 e. The smallest absolute Gasteiger partial charge is 0.131 e. The van der Waals surface area contributed by atoms with Crippen LogP contribution < -0.4 is 4.74 Å². The van der Waals surface area contributed by atoms with Crippen molar-refractivity contribution in [2.45, 2.75) is 36.5 Å². The fourth-order valence-electron chi connectivity index (χ4n) is 13.0. The molecular formula is C50H36O. The molecule has 5 unspecified atom stereocenters. The van der Waals surface area contributed by atoms with Gasteiger partial charge in [-0.1, -0.05) is 121 Å². The van der Waals surface area contributed by atoms with Crippen molar-refractivity contribution in [3.05, 3.63) is 179 Å². The van der Waals surface area contributed by atoms with Gasteiger partial charge in [0.05, 0.1) is 5.41 Å². The van der Waals surface area contributed by atoms with Crippen LogP contribution in [0, 0.1) is 23.7 Å². The van der Waals surface area contributed by atoms with Crippen molar-refractivity contribution in [2.75, 3.05) is 0 Å². The summed E-state index contributed by atoms with van der Waals surface area (Å²) in [4.78, 5) is 0. The minimum Gasteiger partial charge on any atom is -0.457 e. The van der Waals surface area contributed by atoms with Gasteiger partial charge in [0.15, 0.2) is 0 Å². The molecule has 2 spiro atoms. The lowest BCUT2D eigenvalue weighted by Gasteiger charge is -2.48. The molecule has 7 aliphatic rings. The van der Waals surface area contributed by atoms with Crippen molar-refractivity contribution in [2.24, 2.45) is 23.7 Å². The van der Waals surface area contributed by atoms with Gasteiger partial charge in [-0.2, -0.15) is 0 Å². The number of para-hydroxylation sites is 1. The molecule has 1 aliphatic heterocycles. The van der Waals surface area contributed by atoms with Crippen LogP contribution in [0.1, 0.15) is 59.1 Å². The van der Waals surface area contributed by atoms with Gasteiger partial charge in [0.2, 0.25) is 0 Å². The Hall–Kier alpha value is -5.40. The lowest BCUT2D eigenvalue weighted by atomic mass is 9.56. The zero-order valence-electron chi connectivity index (χ0n) is 28.4. The molecule has 0 amide bonds. The third-order valence-corrected chi connectivity index (χ3v) is 14.5. The van der Waals surface area contributed by atoms with E-state index in [1.807, 2.05) is 0 Å². The number of rotatable bonds is 1. The molecular weight excluding hydrogens is 617 g/mol. The Bertz CT molecular complexity index is 2630. The predicted octanol–water partition coefficient (Wildman–Crippen LogP) is 12.3. The Labute approximate surface area is 298 Å². The molecule has 0 saturated heterocycles. The van der Waals surface area contributed by atoms with Gasteiger partial charge < -0.3 is 4.74 Å². The van der Waals surface area contributed by atoms with Gasteiger partial charge in [-0.15, -0.1) is 0 Å². The van der Waals surface area contributed by atoms with E-state index in [9.17, 15) is 0 Å². The molecule has 5 atom stereocenters. The molecule has 51 heavy (non-hydrogen) atoms. The highest BCUT2D eigenvalue weighted by molar-refractivity contribution is 6.06. The van der Waals surface area contributed by atoms with Crippen LogP contribution in [0.4, 0.5) is 0 Å². The second-order valence-corrected chi connectivity index (χ2v) is 16.4. The number of hydrogen-bond acceptors (Lipinski definition) is 1. The van der Waals surface area contributed by atoms with Gasteiger partial charge >= 0.3 is 0 Å². The lowest BCUT2D eigenvalue weighted by molar-refractivity contribution is 0.173. The van der Waals surface area contributed by atoms with Crippen LogP contribution >= 0.6 is 0 Å². The van der Waals surface area contributed by atoms with Crippen molar-refractivity contribution in [1.29, 1.82) is 0 Å². The highest BCUT2D eigenvalue weighted by Crippen LogP contribution is 2.72. The van der Waals surface area contributed by atoms with Crippen LogP contribution in [0.3, 0.4) is 0 Å². The molecule has 0 N–H and O–H groups in total. The van der Waals surface area contributed by atoms with Gasteiger partial charge in [-0.05, 0) is 140 Å². The third kappa shape index (κ3) is 3.10. The zero-order valence-corrected chi connectivity index (χ0v) is 28.4. The molecule has 7 aromatic carbocycles. The first-order chi connectivity index (χ1) is 25.2. The number of fused-ring (bicyclic) bond motifs is 14. The van der Waals surface area contributed by atoms with E-state index in [2.05, 4.69) is 146 Å². The Kier molecular flexibility index (Phi) is 4.97. The monoisotopic (exact) mass is 652 g/mol. The molecule has 4 fully saturated rings. The normalized spacial score (nSPS) is 25.7. The average Bonchev–Trinajstić information content (AvgIpc) is 3.83. The summed E-state index contributed by atoms with van der Waals surface area (Å²) in [5, 5.41) is 2.63. The summed E-state index contributed by atoms with van der Waals surface area (Å²) in [6.07, 6.45) is 5.51. The van der Waals surface area contributed by atoms with E-state index in [-0.39, 0.29) is 10.8 Å².